The Balaban J connectivity index is 1.77. The molecule has 0 radical (unpaired) electrons. The molecule has 132 valence electrons. The topological polar surface area (TPSA) is 94.3 Å². The molecule has 2 fully saturated rings. The number of hydrogen-bond donors (Lipinski definition) is 1. The summed E-state index contributed by atoms with van der Waals surface area (Å²) in [5, 5.41) is 0. The maximum atomic E-state index is 12.4. The molecule has 23 heavy (non-hydrogen) atoms. The van der Waals surface area contributed by atoms with Crippen molar-refractivity contribution in [3.05, 3.63) is 0 Å². The molecule has 2 amide bonds. The molecular formula is C15H27N3O5. The second-order valence-electron chi connectivity index (χ2n) is 6.30. The van der Waals surface area contributed by atoms with Crippen molar-refractivity contribution >= 4 is 12.0 Å². The maximum absolute atomic E-state index is 12.4. The Morgan fingerprint density at radius 1 is 1.26 bits per heavy atom. The Morgan fingerprint density at radius 3 is 2.39 bits per heavy atom. The average Bonchev–Trinajstić information content (AvgIpc) is 2.85. The molecule has 0 saturated carbocycles. The Kier molecular flexibility index (Phi) is 5.83. The molecule has 2 saturated heterocycles. The Bertz CT molecular complexity index is 435. The normalized spacial score (nSPS) is 25.3. The highest BCUT2D eigenvalue weighted by Gasteiger charge is 2.36. The van der Waals surface area contributed by atoms with E-state index < -0.39 is 11.8 Å². The molecule has 8 nitrogen and oxygen atoms in total. The van der Waals surface area contributed by atoms with Crippen LogP contribution in [-0.4, -0.2) is 79.1 Å². The summed E-state index contributed by atoms with van der Waals surface area (Å²) in [6.07, 6.45) is -0.0622. The first-order valence-electron chi connectivity index (χ1n) is 8.10. The van der Waals surface area contributed by atoms with Gasteiger partial charge in [-0.1, -0.05) is 0 Å². The number of rotatable bonds is 4. The van der Waals surface area contributed by atoms with Gasteiger partial charge in [0.15, 0.2) is 5.79 Å². The zero-order valence-corrected chi connectivity index (χ0v) is 14.1. The van der Waals surface area contributed by atoms with Crippen molar-refractivity contribution in [2.45, 2.75) is 45.1 Å². The summed E-state index contributed by atoms with van der Waals surface area (Å²) >= 11 is 0. The zero-order valence-electron chi connectivity index (χ0n) is 14.1. The molecule has 2 N–H and O–H groups in total. The van der Waals surface area contributed by atoms with E-state index in [2.05, 4.69) is 0 Å². The van der Waals surface area contributed by atoms with Gasteiger partial charge in [0.05, 0.1) is 25.4 Å². The number of carbonyl (C=O) groups is 2. The number of hydrogen-bond acceptors (Lipinski definition) is 6. The summed E-state index contributed by atoms with van der Waals surface area (Å²) in [5.41, 5.74) is 6.03. The van der Waals surface area contributed by atoms with E-state index in [1.807, 2.05) is 13.8 Å². The van der Waals surface area contributed by atoms with Gasteiger partial charge in [0.1, 0.15) is 0 Å². The highest BCUT2D eigenvalue weighted by molar-refractivity contribution is 5.82. The van der Waals surface area contributed by atoms with Crippen molar-refractivity contribution in [2.24, 2.45) is 5.73 Å². The van der Waals surface area contributed by atoms with E-state index in [-0.39, 0.29) is 18.1 Å². The largest absolute Gasteiger partial charge is 0.450 e. The van der Waals surface area contributed by atoms with E-state index >= 15 is 0 Å². The summed E-state index contributed by atoms with van der Waals surface area (Å²) in [4.78, 5) is 27.4. The summed E-state index contributed by atoms with van der Waals surface area (Å²) in [5.74, 6) is -0.722. The first kappa shape index (κ1) is 18.0. The van der Waals surface area contributed by atoms with E-state index in [1.54, 1.807) is 16.7 Å². The van der Waals surface area contributed by atoms with Crippen LogP contribution in [-0.2, 0) is 19.0 Å². The standard InChI is InChI=1S/C15H27N3O5/c1-4-21-14(20)18-7-5-17(6-8-18)13(19)12(16)9-11-10-22-15(2,3)23-11/h11-12H,4-10,16H2,1-3H3/t11-,12?/m0/s1. The predicted octanol–water partition coefficient (Wildman–Crippen LogP) is 0.156. The molecule has 2 atom stereocenters. The molecule has 0 aliphatic carbocycles. The number of piperazine rings is 1. The third-order valence-corrected chi connectivity index (χ3v) is 4.02. The predicted molar refractivity (Wildman–Crippen MR) is 82.7 cm³/mol. The molecule has 2 heterocycles. The lowest BCUT2D eigenvalue weighted by Crippen LogP contribution is -2.54. The third kappa shape index (κ3) is 4.79. The van der Waals surface area contributed by atoms with E-state index in [4.69, 9.17) is 19.9 Å². The lowest BCUT2D eigenvalue weighted by Gasteiger charge is -2.35. The van der Waals surface area contributed by atoms with Crippen LogP contribution in [0.2, 0.25) is 0 Å². The van der Waals surface area contributed by atoms with E-state index in [9.17, 15) is 9.59 Å². The molecule has 0 bridgehead atoms. The zero-order chi connectivity index (χ0) is 17.0. The first-order valence-corrected chi connectivity index (χ1v) is 8.10. The van der Waals surface area contributed by atoms with Gasteiger partial charge in [0.2, 0.25) is 5.91 Å². The minimum Gasteiger partial charge on any atom is -0.450 e. The van der Waals surface area contributed by atoms with Gasteiger partial charge >= 0.3 is 6.09 Å². The molecule has 0 spiro atoms. The average molecular weight is 329 g/mol. The molecule has 2 aliphatic rings. The number of carbonyl (C=O) groups excluding carboxylic acids is 2. The van der Waals surface area contributed by atoms with Crippen LogP contribution in [0.3, 0.4) is 0 Å². The van der Waals surface area contributed by atoms with Crippen LogP contribution < -0.4 is 5.73 Å². The fourth-order valence-corrected chi connectivity index (χ4v) is 2.82. The summed E-state index contributed by atoms with van der Waals surface area (Å²) in [6, 6.07) is -0.619. The van der Waals surface area contributed by atoms with Crippen LogP contribution in [0.25, 0.3) is 0 Å². The van der Waals surface area contributed by atoms with E-state index in [0.717, 1.165) is 0 Å². The summed E-state index contributed by atoms with van der Waals surface area (Å²) in [6.45, 7) is 8.13. The number of nitrogens with two attached hydrogens (primary N) is 1. The van der Waals surface area contributed by atoms with Gasteiger partial charge in [-0.3, -0.25) is 4.79 Å². The van der Waals surface area contributed by atoms with Crippen molar-refractivity contribution in [3.8, 4) is 0 Å². The SMILES string of the molecule is CCOC(=O)N1CCN(C(=O)C(N)C[C@H]2COC(C)(C)O2)CC1. The van der Waals surface area contributed by atoms with Gasteiger partial charge < -0.3 is 29.7 Å². The maximum Gasteiger partial charge on any atom is 0.409 e. The van der Waals surface area contributed by atoms with Crippen molar-refractivity contribution < 1.29 is 23.8 Å². The van der Waals surface area contributed by atoms with Crippen molar-refractivity contribution in [2.75, 3.05) is 39.4 Å². The first-order chi connectivity index (χ1) is 10.8. The summed E-state index contributed by atoms with van der Waals surface area (Å²) < 4.78 is 16.1. The number of ether oxygens (including phenoxy) is 3. The Morgan fingerprint density at radius 2 is 1.87 bits per heavy atom. The Labute approximate surface area is 136 Å². The van der Waals surface area contributed by atoms with E-state index in [0.29, 0.717) is 45.8 Å². The minimum absolute atomic E-state index is 0.109. The molecule has 1 unspecified atom stereocenters. The fraction of sp³-hybridized carbons (Fsp3) is 0.867. The van der Waals surface area contributed by atoms with Crippen molar-refractivity contribution in [1.82, 2.24) is 9.80 Å². The molecule has 2 aliphatic heterocycles. The Hall–Kier alpha value is -1.38. The van der Waals surface area contributed by atoms with Crippen LogP contribution in [0.5, 0.6) is 0 Å². The lowest BCUT2D eigenvalue weighted by atomic mass is 10.1. The van der Waals surface area contributed by atoms with Gasteiger partial charge in [-0.2, -0.15) is 0 Å². The monoisotopic (exact) mass is 329 g/mol. The molecule has 2 rings (SSSR count). The highest BCUT2D eigenvalue weighted by Crippen LogP contribution is 2.24. The van der Waals surface area contributed by atoms with Crippen LogP contribution in [0.4, 0.5) is 4.79 Å². The van der Waals surface area contributed by atoms with Gasteiger partial charge in [0, 0.05) is 32.6 Å². The molecule has 0 aromatic carbocycles. The highest BCUT2D eigenvalue weighted by atomic mass is 16.7. The molecule has 8 heteroatoms. The van der Waals surface area contributed by atoms with Crippen LogP contribution in [0, 0.1) is 0 Å². The van der Waals surface area contributed by atoms with Crippen molar-refractivity contribution in [3.63, 3.8) is 0 Å². The van der Waals surface area contributed by atoms with Crippen LogP contribution in [0.1, 0.15) is 27.2 Å². The smallest absolute Gasteiger partial charge is 0.409 e. The second-order valence-corrected chi connectivity index (χ2v) is 6.30. The third-order valence-electron chi connectivity index (χ3n) is 4.02. The van der Waals surface area contributed by atoms with E-state index in [1.165, 1.54) is 0 Å². The second kappa shape index (κ2) is 7.46. The molecular weight excluding hydrogens is 302 g/mol. The molecule has 0 aromatic heterocycles. The van der Waals surface area contributed by atoms with Gasteiger partial charge in [-0.15, -0.1) is 0 Å². The lowest BCUT2D eigenvalue weighted by molar-refractivity contribution is -0.144. The minimum atomic E-state index is -0.619. The molecule has 0 aromatic rings. The number of nitrogens with zero attached hydrogens (tertiary/aromatic N) is 2. The quantitative estimate of drug-likeness (QED) is 0.789. The van der Waals surface area contributed by atoms with Gasteiger partial charge in [-0.25, -0.2) is 4.79 Å². The summed E-state index contributed by atoms with van der Waals surface area (Å²) in [7, 11) is 0. The van der Waals surface area contributed by atoms with Crippen LogP contribution in [0.15, 0.2) is 0 Å². The van der Waals surface area contributed by atoms with Gasteiger partial charge in [-0.05, 0) is 20.8 Å². The van der Waals surface area contributed by atoms with Gasteiger partial charge in [0.25, 0.3) is 0 Å². The van der Waals surface area contributed by atoms with Crippen LogP contribution >= 0.6 is 0 Å². The van der Waals surface area contributed by atoms with Crippen molar-refractivity contribution in [1.29, 1.82) is 0 Å². The number of amides is 2. The fourth-order valence-electron chi connectivity index (χ4n) is 2.82.